The van der Waals surface area contributed by atoms with Crippen molar-refractivity contribution in [3.8, 4) is 27.8 Å². The zero-order valence-electron chi connectivity index (χ0n) is 15.1. The van der Waals surface area contributed by atoms with Gasteiger partial charge in [0.25, 0.3) is 0 Å². The molecule has 28 heavy (non-hydrogen) atoms. The standard InChI is InChI=1S/C18H16BrN5O2S2/c1-3-24-17(12-6-4-5-7-13(12)25-2)21-22-18(24)28-10-15-20-16(23-26-15)14-8-11(19)9-27-14/h4-9H,3,10H2,1-2H3. The number of nitrogens with zero attached hydrogens (tertiary/aromatic N) is 5. The maximum absolute atomic E-state index is 5.46. The van der Waals surface area contributed by atoms with E-state index in [4.69, 9.17) is 9.26 Å². The number of hydrogen-bond acceptors (Lipinski definition) is 8. The molecule has 0 saturated heterocycles. The van der Waals surface area contributed by atoms with Crippen LogP contribution in [-0.4, -0.2) is 32.0 Å². The predicted octanol–water partition coefficient (Wildman–Crippen LogP) is 5.14. The summed E-state index contributed by atoms with van der Waals surface area (Å²) in [4.78, 5) is 5.43. The number of thioether (sulfide) groups is 1. The van der Waals surface area contributed by atoms with E-state index in [1.807, 2.05) is 35.7 Å². The first-order valence-electron chi connectivity index (χ1n) is 8.46. The molecule has 0 spiro atoms. The predicted molar refractivity (Wildman–Crippen MR) is 113 cm³/mol. The maximum atomic E-state index is 5.46. The van der Waals surface area contributed by atoms with Crippen LogP contribution in [0.1, 0.15) is 12.8 Å². The summed E-state index contributed by atoms with van der Waals surface area (Å²) in [6, 6.07) is 9.76. The number of methoxy groups -OCH3 is 1. The van der Waals surface area contributed by atoms with Gasteiger partial charge in [-0.3, -0.25) is 0 Å². The maximum Gasteiger partial charge on any atom is 0.237 e. The molecular weight excluding hydrogens is 462 g/mol. The summed E-state index contributed by atoms with van der Waals surface area (Å²) >= 11 is 6.52. The molecule has 3 heterocycles. The van der Waals surface area contributed by atoms with Crippen LogP contribution >= 0.6 is 39.0 Å². The Bertz CT molecular complexity index is 1090. The second-order valence-corrected chi connectivity index (χ2v) is 8.45. The summed E-state index contributed by atoms with van der Waals surface area (Å²) in [7, 11) is 1.65. The topological polar surface area (TPSA) is 78.9 Å². The summed E-state index contributed by atoms with van der Waals surface area (Å²) in [6.45, 7) is 2.80. The average molecular weight is 478 g/mol. The largest absolute Gasteiger partial charge is 0.496 e. The highest BCUT2D eigenvalue weighted by molar-refractivity contribution is 9.10. The summed E-state index contributed by atoms with van der Waals surface area (Å²) in [6.07, 6.45) is 0. The van der Waals surface area contributed by atoms with Crippen LogP contribution in [0.3, 0.4) is 0 Å². The Hall–Kier alpha value is -2.17. The smallest absolute Gasteiger partial charge is 0.237 e. The van der Waals surface area contributed by atoms with Crippen LogP contribution < -0.4 is 4.74 Å². The van der Waals surface area contributed by atoms with Gasteiger partial charge in [-0.2, -0.15) is 4.98 Å². The van der Waals surface area contributed by atoms with Crippen molar-refractivity contribution in [2.24, 2.45) is 0 Å². The average Bonchev–Trinajstić information content (AvgIpc) is 3.45. The third-order valence-corrected chi connectivity index (χ3v) is 6.60. The van der Waals surface area contributed by atoms with Crippen LogP contribution in [0.25, 0.3) is 22.1 Å². The fourth-order valence-electron chi connectivity index (χ4n) is 2.68. The highest BCUT2D eigenvalue weighted by atomic mass is 79.9. The quantitative estimate of drug-likeness (QED) is 0.341. The van der Waals surface area contributed by atoms with E-state index in [2.05, 4.69) is 47.8 Å². The first kappa shape index (κ1) is 19.2. The summed E-state index contributed by atoms with van der Waals surface area (Å²) < 4.78 is 13.9. The van der Waals surface area contributed by atoms with Crippen molar-refractivity contribution in [3.63, 3.8) is 0 Å². The molecule has 0 saturated carbocycles. The van der Waals surface area contributed by atoms with Gasteiger partial charge in [0.1, 0.15) is 5.75 Å². The van der Waals surface area contributed by atoms with Gasteiger partial charge < -0.3 is 13.8 Å². The monoisotopic (exact) mass is 477 g/mol. The number of benzene rings is 1. The van der Waals surface area contributed by atoms with Gasteiger partial charge in [0.15, 0.2) is 11.0 Å². The Kier molecular flexibility index (Phi) is 5.79. The minimum atomic E-state index is 0.517. The normalized spacial score (nSPS) is 11.1. The molecule has 4 rings (SSSR count). The van der Waals surface area contributed by atoms with Crippen LogP contribution in [0, 0.1) is 0 Å². The van der Waals surface area contributed by atoms with Gasteiger partial charge >= 0.3 is 0 Å². The zero-order valence-corrected chi connectivity index (χ0v) is 18.3. The molecule has 3 aromatic heterocycles. The van der Waals surface area contributed by atoms with E-state index in [1.54, 1.807) is 18.4 Å². The second kappa shape index (κ2) is 8.46. The Balaban J connectivity index is 1.53. The van der Waals surface area contributed by atoms with E-state index < -0.39 is 0 Å². The van der Waals surface area contributed by atoms with Gasteiger partial charge in [-0.25, -0.2) is 0 Å². The number of rotatable bonds is 7. The third kappa shape index (κ3) is 3.85. The zero-order chi connectivity index (χ0) is 19.5. The highest BCUT2D eigenvalue weighted by Crippen LogP contribution is 2.32. The van der Waals surface area contributed by atoms with Crippen LogP contribution in [-0.2, 0) is 12.3 Å². The summed E-state index contributed by atoms with van der Waals surface area (Å²) in [5, 5.41) is 15.6. The molecule has 0 amide bonds. The van der Waals surface area contributed by atoms with E-state index in [9.17, 15) is 0 Å². The second-order valence-electron chi connectivity index (χ2n) is 5.68. The minimum Gasteiger partial charge on any atom is -0.496 e. The van der Waals surface area contributed by atoms with Crippen molar-refractivity contribution in [1.29, 1.82) is 0 Å². The van der Waals surface area contributed by atoms with Gasteiger partial charge in [-0.1, -0.05) is 29.1 Å². The SMILES string of the molecule is CCn1c(SCc2nc(-c3cc(Br)cs3)no2)nnc1-c1ccccc1OC. The number of thiophene rings is 1. The summed E-state index contributed by atoms with van der Waals surface area (Å²) in [5.74, 6) is 3.21. The molecule has 0 atom stereocenters. The Labute approximate surface area is 178 Å². The summed E-state index contributed by atoms with van der Waals surface area (Å²) in [5.41, 5.74) is 0.912. The Morgan fingerprint density at radius 2 is 2.14 bits per heavy atom. The molecule has 144 valence electrons. The van der Waals surface area contributed by atoms with E-state index in [1.165, 1.54) is 11.8 Å². The van der Waals surface area contributed by atoms with Crippen molar-refractivity contribution in [2.45, 2.75) is 24.4 Å². The third-order valence-electron chi connectivity index (χ3n) is 3.96. The van der Waals surface area contributed by atoms with Crippen LogP contribution in [0.2, 0.25) is 0 Å². The van der Waals surface area contributed by atoms with E-state index in [-0.39, 0.29) is 0 Å². The molecule has 4 aromatic rings. The van der Waals surface area contributed by atoms with Crippen molar-refractivity contribution >= 4 is 39.0 Å². The fourth-order valence-corrected chi connectivity index (χ4v) is 4.87. The number of halogens is 1. The van der Waals surface area contributed by atoms with Crippen LogP contribution in [0.5, 0.6) is 5.75 Å². The molecule has 0 radical (unpaired) electrons. The number of ether oxygens (including phenoxy) is 1. The number of para-hydroxylation sites is 1. The molecule has 1 aromatic carbocycles. The van der Waals surface area contributed by atoms with Crippen molar-refractivity contribution < 1.29 is 9.26 Å². The van der Waals surface area contributed by atoms with E-state index in [0.29, 0.717) is 17.5 Å². The Morgan fingerprint density at radius 3 is 2.89 bits per heavy atom. The van der Waals surface area contributed by atoms with Crippen molar-refractivity contribution in [2.75, 3.05) is 7.11 Å². The van der Waals surface area contributed by atoms with Gasteiger partial charge in [0.05, 0.1) is 23.3 Å². The minimum absolute atomic E-state index is 0.517. The molecule has 0 fully saturated rings. The molecule has 0 aliphatic carbocycles. The molecule has 10 heteroatoms. The van der Waals surface area contributed by atoms with Gasteiger partial charge in [0, 0.05) is 16.4 Å². The van der Waals surface area contributed by atoms with Crippen molar-refractivity contribution in [1.82, 2.24) is 24.9 Å². The Morgan fingerprint density at radius 1 is 1.29 bits per heavy atom. The first-order chi connectivity index (χ1) is 13.7. The lowest BCUT2D eigenvalue weighted by Gasteiger charge is -2.09. The van der Waals surface area contributed by atoms with Gasteiger partial charge in [-0.05, 0) is 41.1 Å². The molecule has 0 bridgehead atoms. The molecule has 0 aliphatic rings. The van der Waals surface area contributed by atoms with Crippen molar-refractivity contribution in [3.05, 3.63) is 46.1 Å². The number of hydrogen-bond donors (Lipinski definition) is 0. The molecule has 0 aliphatic heterocycles. The van der Waals surface area contributed by atoms with Crippen LogP contribution in [0.4, 0.5) is 0 Å². The molecular formula is C18H16BrN5O2S2. The van der Waals surface area contributed by atoms with Gasteiger partial charge in [-0.15, -0.1) is 21.5 Å². The van der Waals surface area contributed by atoms with E-state index >= 15 is 0 Å². The fraction of sp³-hybridized carbons (Fsp3) is 0.222. The molecule has 0 unspecified atom stereocenters. The van der Waals surface area contributed by atoms with Crippen LogP contribution in [0.15, 0.2) is 49.9 Å². The highest BCUT2D eigenvalue weighted by Gasteiger charge is 2.18. The van der Waals surface area contributed by atoms with Gasteiger partial charge in [0.2, 0.25) is 11.7 Å². The van der Waals surface area contributed by atoms with E-state index in [0.717, 1.165) is 38.2 Å². The molecule has 7 nitrogen and oxygen atoms in total. The first-order valence-corrected chi connectivity index (χ1v) is 11.1. The molecule has 0 N–H and O–H groups in total. The number of aromatic nitrogens is 5. The lowest BCUT2D eigenvalue weighted by Crippen LogP contribution is -2.01. The lowest BCUT2D eigenvalue weighted by molar-refractivity contribution is 0.391. The lowest BCUT2D eigenvalue weighted by atomic mass is 10.2.